The molecule has 1 atom stereocenters. The van der Waals surface area contributed by atoms with Crippen molar-refractivity contribution in [3.63, 3.8) is 0 Å². The molecule has 0 saturated carbocycles. The number of rotatable bonds is 5. The molecule has 0 aliphatic heterocycles. The Morgan fingerprint density at radius 3 is 2.87 bits per heavy atom. The first-order valence-electron chi connectivity index (χ1n) is 4.71. The van der Waals surface area contributed by atoms with Gasteiger partial charge in [0.05, 0.1) is 0 Å². The van der Waals surface area contributed by atoms with Crippen LogP contribution in [-0.2, 0) is 10.1 Å². The second-order valence-corrected chi connectivity index (χ2v) is 3.69. The molecule has 82 valence electrons. The fourth-order valence-electron chi connectivity index (χ4n) is 1.17. The van der Waals surface area contributed by atoms with Crippen LogP contribution >= 0.6 is 15.9 Å². The van der Waals surface area contributed by atoms with Gasteiger partial charge in [0.2, 0.25) is 0 Å². The van der Waals surface area contributed by atoms with Gasteiger partial charge in [-0.05, 0) is 24.1 Å². The van der Waals surface area contributed by atoms with Gasteiger partial charge in [-0.2, -0.15) is 0 Å². The maximum Gasteiger partial charge on any atom is 0.344 e. The van der Waals surface area contributed by atoms with Gasteiger partial charge >= 0.3 is 5.97 Å². The molecule has 0 aliphatic rings. The Labute approximate surface area is 97.2 Å². The summed E-state index contributed by atoms with van der Waals surface area (Å²) < 4.78 is 5.35. The highest BCUT2D eigenvalue weighted by Crippen LogP contribution is 2.17. The summed E-state index contributed by atoms with van der Waals surface area (Å²) in [6.45, 7) is 1.78. The van der Waals surface area contributed by atoms with Crippen molar-refractivity contribution in [2.75, 3.05) is 0 Å². The first-order valence-corrected chi connectivity index (χ1v) is 5.84. The minimum atomic E-state index is -0.929. The van der Waals surface area contributed by atoms with Gasteiger partial charge in [0.1, 0.15) is 5.75 Å². The van der Waals surface area contributed by atoms with Gasteiger partial charge < -0.3 is 9.84 Å². The molecule has 0 spiro atoms. The number of hydrogen-bond acceptors (Lipinski definition) is 2. The second-order valence-electron chi connectivity index (χ2n) is 3.13. The van der Waals surface area contributed by atoms with Crippen LogP contribution in [-0.4, -0.2) is 17.2 Å². The van der Waals surface area contributed by atoms with Crippen molar-refractivity contribution in [2.45, 2.75) is 24.8 Å². The van der Waals surface area contributed by atoms with Crippen molar-refractivity contribution in [3.8, 4) is 5.75 Å². The number of hydrogen-bond donors (Lipinski definition) is 1. The fourth-order valence-corrected chi connectivity index (χ4v) is 1.52. The van der Waals surface area contributed by atoms with E-state index >= 15 is 0 Å². The van der Waals surface area contributed by atoms with Crippen LogP contribution < -0.4 is 4.74 Å². The summed E-state index contributed by atoms with van der Waals surface area (Å²) >= 11 is 3.33. The normalized spacial score (nSPS) is 12.1. The van der Waals surface area contributed by atoms with E-state index in [0.717, 1.165) is 10.9 Å². The largest absolute Gasteiger partial charge is 0.479 e. The Morgan fingerprint density at radius 2 is 2.33 bits per heavy atom. The van der Waals surface area contributed by atoms with Crippen molar-refractivity contribution in [1.82, 2.24) is 0 Å². The number of ether oxygens (including phenoxy) is 1. The summed E-state index contributed by atoms with van der Waals surface area (Å²) in [7, 11) is 0. The molecular weight excluding hydrogens is 260 g/mol. The third-order valence-electron chi connectivity index (χ3n) is 1.98. The van der Waals surface area contributed by atoms with Gasteiger partial charge in [-0.1, -0.05) is 35.0 Å². The van der Waals surface area contributed by atoms with Gasteiger partial charge in [0.25, 0.3) is 0 Å². The molecule has 0 heterocycles. The van der Waals surface area contributed by atoms with Crippen LogP contribution in [0.3, 0.4) is 0 Å². The van der Waals surface area contributed by atoms with Gasteiger partial charge in [-0.3, -0.25) is 0 Å². The lowest BCUT2D eigenvalue weighted by Crippen LogP contribution is -2.25. The Morgan fingerprint density at radius 1 is 1.60 bits per heavy atom. The monoisotopic (exact) mass is 272 g/mol. The first-order chi connectivity index (χ1) is 7.17. The fraction of sp³-hybridized carbons (Fsp3) is 0.364. The van der Waals surface area contributed by atoms with Crippen LogP contribution in [0.15, 0.2) is 24.3 Å². The Kier molecular flexibility index (Phi) is 4.62. The molecule has 0 saturated heterocycles. The zero-order valence-electron chi connectivity index (χ0n) is 8.44. The number of halogens is 1. The molecule has 1 rings (SSSR count). The van der Waals surface area contributed by atoms with Crippen molar-refractivity contribution < 1.29 is 14.6 Å². The number of carboxylic acid groups (broad SMARTS) is 1. The van der Waals surface area contributed by atoms with E-state index in [4.69, 9.17) is 9.84 Å². The number of alkyl halides is 1. The number of carboxylic acids is 1. The SMILES string of the molecule is CC[C@@H](Oc1cccc(CBr)c1)C(=O)O. The molecule has 0 radical (unpaired) electrons. The van der Waals surface area contributed by atoms with E-state index < -0.39 is 12.1 Å². The highest BCUT2D eigenvalue weighted by Gasteiger charge is 2.16. The number of carbonyl (C=O) groups is 1. The molecule has 4 heteroatoms. The van der Waals surface area contributed by atoms with E-state index in [9.17, 15) is 4.79 Å². The topological polar surface area (TPSA) is 46.5 Å². The summed E-state index contributed by atoms with van der Waals surface area (Å²) in [4.78, 5) is 10.8. The quantitative estimate of drug-likeness (QED) is 0.839. The zero-order chi connectivity index (χ0) is 11.3. The van der Waals surface area contributed by atoms with Gasteiger partial charge in [0.15, 0.2) is 6.10 Å². The lowest BCUT2D eigenvalue weighted by atomic mass is 10.2. The predicted molar refractivity (Wildman–Crippen MR) is 61.4 cm³/mol. The highest BCUT2D eigenvalue weighted by molar-refractivity contribution is 9.08. The molecule has 0 bridgehead atoms. The molecule has 0 aliphatic carbocycles. The van der Waals surface area contributed by atoms with E-state index in [1.807, 2.05) is 18.2 Å². The summed E-state index contributed by atoms with van der Waals surface area (Å²) in [6.07, 6.45) is -0.316. The second kappa shape index (κ2) is 5.75. The predicted octanol–water partition coefficient (Wildman–Crippen LogP) is 2.82. The van der Waals surface area contributed by atoms with Gasteiger partial charge in [-0.15, -0.1) is 0 Å². The Balaban J connectivity index is 2.74. The minimum absolute atomic E-state index is 0.452. The number of benzene rings is 1. The van der Waals surface area contributed by atoms with Crippen molar-refractivity contribution >= 4 is 21.9 Å². The molecule has 1 aromatic carbocycles. The Bertz CT molecular complexity index is 338. The summed E-state index contributed by atoms with van der Waals surface area (Å²) in [6, 6.07) is 7.39. The third kappa shape index (κ3) is 3.55. The molecular formula is C11H13BrO3. The highest BCUT2D eigenvalue weighted by atomic mass is 79.9. The average molecular weight is 273 g/mol. The molecule has 15 heavy (non-hydrogen) atoms. The molecule has 3 nitrogen and oxygen atoms in total. The van der Waals surface area contributed by atoms with Crippen molar-refractivity contribution in [1.29, 1.82) is 0 Å². The maximum atomic E-state index is 10.8. The van der Waals surface area contributed by atoms with Gasteiger partial charge in [0, 0.05) is 5.33 Å². The first kappa shape index (κ1) is 12.0. The zero-order valence-corrected chi connectivity index (χ0v) is 10.0. The lowest BCUT2D eigenvalue weighted by Gasteiger charge is -2.13. The van der Waals surface area contributed by atoms with E-state index in [2.05, 4.69) is 15.9 Å². The molecule has 1 aromatic rings. The van der Waals surface area contributed by atoms with Crippen LogP contribution in [0, 0.1) is 0 Å². The molecule has 0 fully saturated rings. The van der Waals surface area contributed by atoms with Gasteiger partial charge in [-0.25, -0.2) is 4.79 Å². The van der Waals surface area contributed by atoms with E-state index in [1.165, 1.54) is 0 Å². The minimum Gasteiger partial charge on any atom is -0.479 e. The lowest BCUT2D eigenvalue weighted by molar-refractivity contribution is -0.145. The number of aliphatic carboxylic acids is 1. The van der Waals surface area contributed by atoms with Crippen LogP contribution in [0.4, 0.5) is 0 Å². The molecule has 0 amide bonds. The average Bonchev–Trinajstić information content (AvgIpc) is 2.25. The Hall–Kier alpha value is -1.03. The summed E-state index contributed by atoms with van der Waals surface area (Å²) in [5.41, 5.74) is 1.06. The maximum absolute atomic E-state index is 10.8. The standard InChI is InChI=1S/C11H13BrO3/c1-2-10(11(13)14)15-9-5-3-4-8(6-9)7-12/h3-6,10H,2,7H2,1H3,(H,13,14)/t10-/m1/s1. The van der Waals surface area contributed by atoms with E-state index in [1.54, 1.807) is 13.0 Å². The van der Waals surface area contributed by atoms with Crippen LogP contribution in [0.25, 0.3) is 0 Å². The summed E-state index contributed by atoms with van der Waals surface area (Å²) in [5, 5.41) is 9.56. The molecule has 0 unspecified atom stereocenters. The van der Waals surface area contributed by atoms with E-state index in [-0.39, 0.29) is 0 Å². The third-order valence-corrected chi connectivity index (χ3v) is 2.62. The summed E-state index contributed by atoms with van der Waals surface area (Å²) in [5.74, 6) is -0.331. The smallest absolute Gasteiger partial charge is 0.344 e. The van der Waals surface area contributed by atoms with Crippen LogP contribution in [0.2, 0.25) is 0 Å². The van der Waals surface area contributed by atoms with E-state index in [0.29, 0.717) is 12.2 Å². The molecule has 1 N–H and O–H groups in total. The van der Waals surface area contributed by atoms with Crippen LogP contribution in [0.5, 0.6) is 5.75 Å². The molecule has 0 aromatic heterocycles. The van der Waals surface area contributed by atoms with Crippen molar-refractivity contribution in [2.24, 2.45) is 0 Å². The van der Waals surface area contributed by atoms with Crippen LogP contribution in [0.1, 0.15) is 18.9 Å². The van der Waals surface area contributed by atoms with Crippen molar-refractivity contribution in [3.05, 3.63) is 29.8 Å².